The van der Waals surface area contributed by atoms with Crippen LogP contribution in [0, 0.1) is 13.8 Å². The van der Waals surface area contributed by atoms with Gasteiger partial charge in [0.15, 0.2) is 0 Å². The topological polar surface area (TPSA) is 9.86 Å². The van der Waals surface area contributed by atoms with Gasteiger partial charge in [-0.3, -0.25) is 8.68 Å². The first-order valence-corrected chi connectivity index (χ1v) is 20.2. The van der Waals surface area contributed by atoms with E-state index in [1.165, 1.54) is 77.4 Å². The molecule has 0 amide bonds. The summed E-state index contributed by atoms with van der Waals surface area (Å²) in [6.45, 7) is 32.0. The number of hydrogen-bond donors (Lipinski definition) is 0. The number of halogens is 1. The van der Waals surface area contributed by atoms with Crippen LogP contribution >= 0.6 is 18.8 Å². The molecule has 262 valence electrons. The van der Waals surface area contributed by atoms with Crippen LogP contribution in [0.2, 0.25) is 0 Å². The predicted octanol–water partition coefficient (Wildman–Crippen LogP) is 14.6. The van der Waals surface area contributed by atoms with Gasteiger partial charge in [-0.2, -0.15) is 0 Å². The average molecular weight is 703 g/mol. The molecule has 0 aliphatic heterocycles. The zero-order chi connectivity index (χ0) is 36.7. The van der Waals surface area contributed by atoms with Crippen molar-refractivity contribution in [3.63, 3.8) is 0 Å². The fourth-order valence-corrected chi connectivity index (χ4v) is 8.99. The lowest BCUT2D eigenvalue weighted by molar-refractivity contribution is 0.568. The fraction of sp³-hybridized carbons (Fsp3) is 0.391. The minimum absolute atomic E-state index is 0.0515. The Labute approximate surface area is 307 Å². The van der Waals surface area contributed by atoms with E-state index in [0.29, 0.717) is 0 Å². The number of rotatable bonds is 4. The molecule has 50 heavy (non-hydrogen) atoms. The lowest BCUT2D eigenvalue weighted by Crippen LogP contribution is -2.16. The highest BCUT2D eigenvalue weighted by Gasteiger charge is 2.24. The highest BCUT2D eigenvalue weighted by molar-refractivity contribution is 7.81. The Hall–Kier alpha value is -3.32. The third-order valence-corrected chi connectivity index (χ3v) is 12.7. The molecule has 0 bridgehead atoms. The van der Waals surface area contributed by atoms with E-state index < -0.39 is 7.58 Å². The summed E-state index contributed by atoms with van der Waals surface area (Å²) < 4.78 is 4.62. The van der Waals surface area contributed by atoms with Crippen LogP contribution < -0.4 is 0 Å². The van der Waals surface area contributed by atoms with Crippen molar-refractivity contribution < 1.29 is 0 Å². The SMILES string of the molecule is Cc1cn(P(Cl)n2cc(C)c3ccc(-c4cc(C(C)(C)C)cc(C(C)(C)C)c4)cc32)c2cc(-c3cc(C(C)(C)C)cc(C(C)(C)C)c3)ccc12. The Balaban J connectivity index is 1.49. The van der Waals surface area contributed by atoms with Crippen molar-refractivity contribution in [2.24, 2.45) is 0 Å². The number of aromatic nitrogens is 2. The van der Waals surface area contributed by atoms with Gasteiger partial charge in [0, 0.05) is 23.2 Å². The summed E-state index contributed by atoms with van der Waals surface area (Å²) in [4.78, 5) is 0. The number of aryl methyl sites for hydroxylation is 2. The summed E-state index contributed by atoms with van der Waals surface area (Å²) in [5, 5.41) is 2.49. The van der Waals surface area contributed by atoms with Crippen molar-refractivity contribution in [1.82, 2.24) is 8.68 Å². The first-order chi connectivity index (χ1) is 23.0. The molecule has 0 radical (unpaired) electrons. The van der Waals surface area contributed by atoms with Gasteiger partial charge < -0.3 is 0 Å². The van der Waals surface area contributed by atoms with Gasteiger partial charge in [-0.05, 0) is 115 Å². The van der Waals surface area contributed by atoms with Crippen LogP contribution in [0.25, 0.3) is 44.1 Å². The van der Waals surface area contributed by atoms with Crippen molar-refractivity contribution in [1.29, 1.82) is 0 Å². The molecule has 6 aromatic rings. The predicted molar refractivity (Wildman–Crippen MR) is 223 cm³/mol. The Morgan fingerprint density at radius 2 is 0.720 bits per heavy atom. The Bertz CT molecular complexity index is 2010. The first-order valence-electron chi connectivity index (χ1n) is 18.1. The molecule has 6 rings (SSSR count). The van der Waals surface area contributed by atoms with Gasteiger partial charge in [0.05, 0.1) is 11.0 Å². The van der Waals surface area contributed by atoms with E-state index in [2.05, 4.69) is 191 Å². The van der Waals surface area contributed by atoms with Gasteiger partial charge >= 0.3 is 0 Å². The Morgan fingerprint density at radius 3 is 1.00 bits per heavy atom. The number of fused-ring (bicyclic) bond motifs is 2. The van der Waals surface area contributed by atoms with Crippen LogP contribution in [-0.4, -0.2) is 8.68 Å². The zero-order valence-electron chi connectivity index (χ0n) is 32.8. The van der Waals surface area contributed by atoms with E-state index >= 15 is 0 Å². The summed E-state index contributed by atoms with van der Waals surface area (Å²) in [5.74, 6) is 0. The van der Waals surface area contributed by atoms with Crippen molar-refractivity contribution in [3.05, 3.63) is 119 Å². The van der Waals surface area contributed by atoms with Gasteiger partial charge in [-0.15, -0.1) is 0 Å². The molecule has 0 fully saturated rings. The quantitative estimate of drug-likeness (QED) is 0.162. The molecule has 2 heterocycles. The first kappa shape index (κ1) is 36.5. The molecule has 2 aromatic heterocycles. The van der Waals surface area contributed by atoms with Gasteiger partial charge in [0.25, 0.3) is 0 Å². The monoisotopic (exact) mass is 702 g/mol. The molecule has 0 N–H and O–H groups in total. The number of nitrogens with zero attached hydrogens (tertiary/aromatic N) is 2. The smallest absolute Gasteiger partial charge is 0.206 e. The molecular weight excluding hydrogens is 647 g/mol. The molecule has 0 aliphatic carbocycles. The molecule has 0 atom stereocenters. The van der Waals surface area contributed by atoms with E-state index in [-0.39, 0.29) is 21.7 Å². The summed E-state index contributed by atoms with van der Waals surface area (Å²) in [5.41, 5.74) is 15.4. The average Bonchev–Trinajstić information content (AvgIpc) is 3.54. The molecule has 0 unspecified atom stereocenters. The van der Waals surface area contributed by atoms with Crippen LogP contribution in [0.3, 0.4) is 0 Å². The molecule has 4 heteroatoms. The second kappa shape index (κ2) is 12.4. The summed E-state index contributed by atoms with van der Waals surface area (Å²) in [7, 11) is -1.28. The highest BCUT2D eigenvalue weighted by atomic mass is 35.7. The van der Waals surface area contributed by atoms with E-state index in [4.69, 9.17) is 11.2 Å². The second-order valence-corrected chi connectivity index (χ2v) is 20.9. The van der Waals surface area contributed by atoms with Gasteiger partial charge in [-0.1, -0.05) is 144 Å². The largest absolute Gasteiger partial charge is 0.296 e. The summed E-state index contributed by atoms with van der Waals surface area (Å²) >= 11 is 7.64. The lowest BCUT2D eigenvalue weighted by Gasteiger charge is -2.26. The Kier molecular flexibility index (Phi) is 9.06. The lowest BCUT2D eigenvalue weighted by atomic mass is 9.79. The van der Waals surface area contributed by atoms with Crippen molar-refractivity contribution in [2.75, 3.05) is 0 Å². The second-order valence-electron chi connectivity index (χ2n) is 18.6. The van der Waals surface area contributed by atoms with E-state index in [9.17, 15) is 0 Å². The van der Waals surface area contributed by atoms with E-state index in [0.717, 1.165) is 0 Å². The van der Waals surface area contributed by atoms with E-state index in [1.807, 2.05) is 0 Å². The molecule has 0 aliphatic rings. The standard InChI is InChI=1S/C46H56ClN2P/c1-29-27-48(41-23-31(15-17-39(29)41)33-19-35(43(3,4)5)25-36(20-33)44(6,7)8)50(47)49-28-30(2)40-18-16-32(24-42(40)49)34-21-37(45(9,10)11)26-38(22-34)46(12,13)14/h15-28H,1-14H3. The molecule has 2 nitrogen and oxygen atoms in total. The summed E-state index contributed by atoms with van der Waals surface area (Å²) in [6, 6.07) is 28.1. The number of benzene rings is 4. The van der Waals surface area contributed by atoms with Crippen LogP contribution in [0.1, 0.15) is 116 Å². The third-order valence-electron chi connectivity index (χ3n) is 10.3. The van der Waals surface area contributed by atoms with Gasteiger partial charge in [0.1, 0.15) is 0 Å². The van der Waals surface area contributed by atoms with Crippen LogP contribution in [-0.2, 0) is 21.7 Å². The normalized spacial score (nSPS) is 13.3. The maximum Gasteiger partial charge on any atom is 0.206 e. The van der Waals surface area contributed by atoms with Gasteiger partial charge in [0.2, 0.25) is 7.58 Å². The zero-order valence-corrected chi connectivity index (χ0v) is 34.5. The van der Waals surface area contributed by atoms with Crippen LogP contribution in [0.4, 0.5) is 0 Å². The molecule has 0 spiro atoms. The highest BCUT2D eigenvalue weighted by Crippen LogP contribution is 2.51. The number of hydrogen-bond acceptors (Lipinski definition) is 0. The van der Waals surface area contributed by atoms with Crippen molar-refractivity contribution in [3.8, 4) is 22.3 Å². The summed E-state index contributed by atoms with van der Waals surface area (Å²) in [6.07, 6.45) is 4.49. The maximum atomic E-state index is 7.64. The van der Waals surface area contributed by atoms with Gasteiger partial charge in [-0.25, -0.2) is 0 Å². The maximum absolute atomic E-state index is 7.64. The Morgan fingerprint density at radius 1 is 0.420 bits per heavy atom. The molecule has 4 aromatic carbocycles. The van der Waals surface area contributed by atoms with Crippen molar-refractivity contribution in [2.45, 2.75) is 119 Å². The molecule has 0 saturated carbocycles. The minimum Gasteiger partial charge on any atom is -0.296 e. The molecular formula is C46H56ClN2P. The molecule has 0 saturated heterocycles. The third kappa shape index (κ3) is 6.96. The minimum atomic E-state index is -1.28. The van der Waals surface area contributed by atoms with Crippen LogP contribution in [0.15, 0.2) is 85.2 Å². The van der Waals surface area contributed by atoms with Crippen LogP contribution in [0.5, 0.6) is 0 Å². The van der Waals surface area contributed by atoms with Crippen molar-refractivity contribution >= 4 is 40.6 Å². The fourth-order valence-electron chi connectivity index (χ4n) is 6.81. The van der Waals surface area contributed by atoms with E-state index in [1.54, 1.807) is 0 Å².